The minimum Gasteiger partial charge on any atom is -0.462 e. The van der Waals surface area contributed by atoms with Crippen LogP contribution in [0, 0.1) is 0 Å². The van der Waals surface area contributed by atoms with Crippen LogP contribution < -0.4 is 0 Å². The minimum atomic E-state index is -4.76. The number of carbonyl (C=O) groups is 2. The van der Waals surface area contributed by atoms with Crippen molar-refractivity contribution >= 4 is 19.8 Å². The van der Waals surface area contributed by atoms with Gasteiger partial charge in [0.05, 0.1) is 6.61 Å². The molecule has 1 unspecified atom stereocenters. The number of hydrogen-bond acceptors (Lipinski definition) is 6. The summed E-state index contributed by atoms with van der Waals surface area (Å²) in [7, 11) is -4.76. The third-order valence-electron chi connectivity index (χ3n) is 8.03. The van der Waals surface area contributed by atoms with Crippen LogP contribution in [0.1, 0.15) is 162 Å². The Morgan fingerprint density at radius 2 is 0.980 bits per heavy atom. The summed E-state index contributed by atoms with van der Waals surface area (Å²) < 4.78 is 26.3. The molecular weight excluding hydrogens is 663 g/mol. The number of phosphoric ester groups is 1. The number of hydrogen-bond donors (Lipinski definition) is 2. The second kappa shape index (κ2) is 37.3. The van der Waals surface area contributed by atoms with Crippen molar-refractivity contribution in [3.63, 3.8) is 0 Å². The van der Waals surface area contributed by atoms with E-state index in [1.807, 2.05) is 18.2 Å². The fraction of sp³-hybridized carbons (Fsp3) is 0.667. The third-order valence-corrected chi connectivity index (χ3v) is 8.52. The summed E-state index contributed by atoms with van der Waals surface area (Å²) in [6, 6.07) is 0. The maximum Gasteiger partial charge on any atom is 0.469 e. The van der Waals surface area contributed by atoms with E-state index in [1.165, 1.54) is 38.5 Å². The molecule has 292 valence electrons. The molecule has 8 nitrogen and oxygen atoms in total. The minimum absolute atomic E-state index is 0.185. The van der Waals surface area contributed by atoms with Crippen LogP contribution in [0.5, 0.6) is 0 Å². The summed E-state index contributed by atoms with van der Waals surface area (Å²) in [5.41, 5.74) is 0. The molecule has 0 spiro atoms. The van der Waals surface area contributed by atoms with E-state index in [0.717, 1.165) is 83.5 Å². The molecule has 0 heterocycles. The van der Waals surface area contributed by atoms with Crippen molar-refractivity contribution in [2.75, 3.05) is 13.2 Å². The smallest absolute Gasteiger partial charge is 0.462 e. The topological polar surface area (TPSA) is 119 Å². The molecule has 0 bridgehead atoms. The predicted octanol–water partition coefficient (Wildman–Crippen LogP) is 11.9. The SMILES string of the molecule is CC/C=C/C=C/C=C/CCCCCCCC(=O)OC(COC(=O)CCCCCCCCCCCC/C=C/C/C=C/C/C=C/CC)COP(=O)(O)O. The van der Waals surface area contributed by atoms with Gasteiger partial charge in [0.1, 0.15) is 6.61 Å². The van der Waals surface area contributed by atoms with E-state index in [0.29, 0.717) is 12.8 Å². The lowest BCUT2D eigenvalue weighted by Crippen LogP contribution is -2.29. The van der Waals surface area contributed by atoms with Crippen LogP contribution in [-0.4, -0.2) is 41.0 Å². The Bertz CT molecular complexity index is 1050. The Labute approximate surface area is 310 Å². The first-order valence-electron chi connectivity index (χ1n) is 19.8. The highest BCUT2D eigenvalue weighted by atomic mass is 31.2. The van der Waals surface area contributed by atoms with Crippen LogP contribution in [0.2, 0.25) is 0 Å². The number of allylic oxidation sites excluding steroid dienone is 12. The van der Waals surface area contributed by atoms with Crippen molar-refractivity contribution in [1.29, 1.82) is 0 Å². The Balaban J connectivity index is 3.94. The Kier molecular flexibility index (Phi) is 35.4. The van der Waals surface area contributed by atoms with Gasteiger partial charge in [-0.15, -0.1) is 0 Å². The summed E-state index contributed by atoms with van der Waals surface area (Å²) in [4.78, 5) is 42.8. The fourth-order valence-corrected chi connectivity index (χ4v) is 5.51. The number of ether oxygens (including phenoxy) is 2. The summed E-state index contributed by atoms with van der Waals surface area (Å²) >= 11 is 0. The monoisotopic (exact) mass is 734 g/mol. The summed E-state index contributed by atoms with van der Waals surface area (Å²) in [5.74, 6) is -0.919. The van der Waals surface area contributed by atoms with E-state index in [9.17, 15) is 14.2 Å². The van der Waals surface area contributed by atoms with Gasteiger partial charge in [-0.2, -0.15) is 0 Å². The van der Waals surface area contributed by atoms with Crippen LogP contribution in [0.4, 0.5) is 0 Å². The van der Waals surface area contributed by atoms with Gasteiger partial charge in [0, 0.05) is 12.8 Å². The van der Waals surface area contributed by atoms with Gasteiger partial charge in [-0.25, -0.2) is 4.57 Å². The molecule has 0 rings (SSSR count). The van der Waals surface area contributed by atoms with Gasteiger partial charge in [0.15, 0.2) is 6.10 Å². The number of rotatable bonds is 35. The zero-order valence-corrected chi connectivity index (χ0v) is 32.9. The summed E-state index contributed by atoms with van der Waals surface area (Å²) in [6.07, 6.45) is 47.7. The van der Waals surface area contributed by atoms with E-state index in [1.54, 1.807) is 0 Å². The van der Waals surface area contributed by atoms with Crippen molar-refractivity contribution in [3.05, 3.63) is 72.9 Å². The zero-order chi connectivity index (χ0) is 37.5. The number of esters is 2. The average molecular weight is 735 g/mol. The molecule has 51 heavy (non-hydrogen) atoms. The molecule has 0 radical (unpaired) electrons. The lowest BCUT2D eigenvalue weighted by atomic mass is 10.1. The zero-order valence-electron chi connectivity index (χ0n) is 32.0. The highest BCUT2D eigenvalue weighted by Gasteiger charge is 2.22. The average Bonchev–Trinajstić information content (AvgIpc) is 3.10. The van der Waals surface area contributed by atoms with Gasteiger partial charge in [-0.1, -0.05) is 157 Å². The molecule has 0 aliphatic carbocycles. The maximum atomic E-state index is 12.4. The normalized spacial score (nSPS) is 13.3. The van der Waals surface area contributed by atoms with Gasteiger partial charge in [-0.3, -0.25) is 14.1 Å². The van der Waals surface area contributed by atoms with E-state index < -0.39 is 32.5 Å². The first kappa shape index (κ1) is 48.5. The molecule has 0 fully saturated rings. The molecule has 0 aliphatic rings. The molecule has 0 aromatic heterocycles. The molecule has 0 aromatic carbocycles. The van der Waals surface area contributed by atoms with Gasteiger partial charge in [0.25, 0.3) is 0 Å². The van der Waals surface area contributed by atoms with Crippen molar-refractivity contribution in [2.24, 2.45) is 0 Å². The van der Waals surface area contributed by atoms with Crippen LogP contribution in [0.3, 0.4) is 0 Å². The Hall–Kier alpha value is -2.51. The van der Waals surface area contributed by atoms with Crippen molar-refractivity contribution < 1.29 is 37.9 Å². The first-order valence-corrected chi connectivity index (χ1v) is 21.3. The molecule has 0 saturated carbocycles. The molecule has 2 N–H and O–H groups in total. The Morgan fingerprint density at radius 1 is 0.529 bits per heavy atom. The van der Waals surface area contributed by atoms with E-state index >= 15 is 0 Å². The lowest BCUT2D eigenvalue weighted by Gasteiger charge is -2.18. The van der Waals surface area contributed by atoms with Crippen molar-refractivity contribution in [2.45, 2.75) is 168 Å². The fourth-order valence-electron chi connectivity index (χ4n) is 5.15. The predicted molar refractivity (Wildman–Crippen MR) is 211 cm³/mol. The molecular formula is C42H71O8P. The number of carbonyl (C=O) groups excluding carboxylic acids is 2. The lowest BCUT2D eigenvalue weighted by molar-refractivity contribution is -0.161. The van der Waals surface area contributed by atoms with E-state index in [4.69, 9.17) is 19.3 Å². The largest absolute Gasteiger partial charge is 0.469 e. The second-order valence-electron chi connectivity index (χ2n) is 12.9. The number of phosphoric acid groups is 1. The molecule has 0 saturated heterocycles. The molecule has 1 atom stereocenters. The molecule has 0 aromatic rings. The molecule has 0 aliphatic heterocycles. The summed E-state index contributed by atoms with van der Waals surface area (Å²) in [6.45, 7) is 3.41. The van der Waals surface area contributed by atoms with Crippen LogP contribution in [-0.2, 0) is 28.2 Å². The van der Waals surface area contributed by atoms with Gasteiger partial charge < -0.3 is 19.3 Å². The van der Waals surface area contributed by atoms with Gasteiger partial charge >= 0.3 is 19.8 Å². The van der Waals surface area contributed by atoms with Crippen molar-refractivity contribution in [3.8, 4) is 0 Å². The van der Waals surface area contributed by atoms with Crippen LogP contribution in [0.25, 0.3) is 0 Å². The standard InChI is InChI=1S/C42H71O8P/c1-3-5-7-9-11-13-15-17-18-19-20-21-22-23-25-26-28-30-32-34-36-41(43)48-38-40(39-49-51(45,46)47)50-42(44)37-35-33-31-29-27-24-16-14-12-10-8-6-4-2/h5-8,10-14,16-18,40H,3-4,9,15,19-39H2,1-2H3,(H2,45,46,47)/b7-5+,8-6+,12-10+,13-11+,16-14+,18-17+. The quantitative estimate of drug-likeness (QED) is 0.0217. The second-order valence-corrected chi connectivity index (χ2v) is 14.1. The third kappa shape index (κ3) is 40.1. The van der Waals surface area contributed by atoms with Gasteiger partial charge in [0.2, 0.25) is 0 Å². The van der Waals surface area contributed by atoms with Crippen LogP contribution in [0.15, 0.2) is 72.9 Å². The van der Waals surface area contributed by atoms with E-state index in [-0.39, 0.29) is 19.4 Å². The summed E-state index contributed by atoms with van der Waals surface area (Å²) in [5, 5.41) is 0. The maximum absolute atomic E-state index is 12.4. The Morgan fingerprint density at radius 3 is 1.53 bits per heavy atom. The highest BCUT2D eigenvalue weighted by Crippen LogP contribution is 2.36. The molecule has 0 amide bonds. The van der Waals surface area contributed by atoms with Gasteiger partial charge in [-0.05, 0) is 64.2 Å². The number of unbranched alkanes of at least 4 members (excludes halogenated alkanes) is 15. The van der Waals surface area contributed by atoms with Crippen molar-refractivity contribution in [1.82, 2.24) is 0 Å². The van der Waals surface area contributed by atoms with E-state index in [2.05, 4.69) is 73.1 Å². The first-order chi connectivity index (χ1) is 24.8. The van der Waals surface area contributed by atoms with Crippen LogP contribution >= 0.6 is 7.82 Å². The molecule has 9 heteroatoms. The highest BCUT2D eigenvalue weighted by molar-refractivity contribution is 7.46.